The summed E-state index contributed by atoms with van der Waals surface area (Å²) in [6, 6.07) is 30.2. The minimum Gasteiger partial charge on any atom is -0.373 e. The van der Waals surface area contributed by atoms with Crippen molar-refractivity contribution in [2.75, 3.05) is 88.8 Å². The van der Waals surface area contributed by atoms with Gasteiger partial charge < -0.3 is 59.2 Å². The molecular weight excluding hydrogens is 785 g/mol. The van der Waals surface area contributed by atoms with Gasteiger partial charge in [0.15, 0.2) is 0 Å². The second-order valence-electron chi connectivity index (χ2n) is 18.5. The van der Waals surface area contributed by atoms with Crippen molar-refractivity contribution in [3.63, 3.8) is 0 Å². The van der Waals surface area contributed by atoms with Gasteiger partial charge in [-0.25, -0.2) is 0 Å². The number of hydrogen-bond acceptors (Lipinski definition) is 12. The van der Waals surface area contributed by atoms with Crippen LogP contribution < -0.4 is 21.3 Å². The summed E-state index contributed by atoms with van der Waals surface area (Å²) in [6.45, 7) is 10.6. The Kier molecular flexibility index (Phi) is 11.6. The molecule has 12 heteroatoms. The summed E-state index contributed by atoms with van der Waals surface area (Å²) in [4.78, 5) is 4.80. The Labute approximate surface area is 364 Å². The molecule has 8 unspecified atom stereocenters. The summed E-state index contributed by atoms with van der Waals surface area (Å²) in [5.41, 5.74) is 25.1. The molecule has 12 nitrogen and oxygen atoms in total. The van der Waals surface area contributed by atoms with Gasteiger partial charge in [0.05, 0.1) is 102 Å². The lowest BCUT2D eigenvalue weighted by atomic mass is 9.79. The van der Waals surface area contributed by atoms with Crippen LogP contribution in [0.15, 0.2) is 84.9 Å². The lowest BCUT2D eigenvalue weighted by Crippen LogP contribution is -2.48. The summed E-state index contributed by atoms with van der Waals surface area (Å²) in [5, 5.41) is 0. The summed E-state index contributed by atoms with van der Waals surface area (Å²) < 4.78 is 44.3. The van der Waals surface area contributed by atoms with Crippen LogP contribution in [0, 0.1) is 0 Å². The SMILES string of the molecule is NC(N)(c1ccccc1)c1cc(CC2CO2)c(CC2CO2)c(CC2CO2)c1CC1CO1.c1cc(N(CC2CO2)CC2CO2)ccc1Cc1ccc(N(CC2CO2)CC2CO2)cc1. The van der Waals surface area contributed by atoms with Crippen LogP contribution in [0.2, 0.25) is 0 Å². The average molecular weight is 845 g/mol. The van der Waals surface area contributed by atoms with E-state index in [0.717, 1.165) is 122 Å². The molecule has 0 aromatic heterocycles. The van der Waals surface area contributed by atoms with Crippen molar-refractivity contribution >= 4 is 11.4 Å². The van der Waals surface area contributed by atoms with E-state index >= 15 is 0 Å². The van der Waals surface area contributed by atoms with E-state index in [-0.39, 0.29) is 18.3 Å². The van der Waals surface area contributed by atoms with Crippen molar-refractivity contribution in [3.8, 4) is 0 Å². The molecule has 0 bridgehead atoms. The van der Waals surface area contributed by atoms with Gasteiger partial charge in [-0.05, 0) is 75.2 Å². The number of nitrogens with zero attached hydrogens (tertiary/aromatic N) is 2. The molecule has 0 radical (unpaired) electrons. The van der Waals surface area contributed by atoms with Crippen molar-refractivity contribution in [3.05, 3.63) is 129 Å². The van der Waals surface area contributed by atoms with Crippen molar-refractivity contribution < 1.29 is 37.9 Å². The van der Waals surface area contributed by atoms with E-state index in [1.54, 1.807) is 0 Å². The molecule has 0 saturated carbocycles. The van der Waals surface area contributed by atoms with Crippen molar-refractivity contribution in [2.45, 2.75) is 86.6 Å². The van der Waals surface area contributed by atoms with E-state index in [9.17, 15) is 0 Å². The second-order valence-corrected chi connectivity index (χ2v) is 18.5. The Bertz CT molecular complexity index is 2040. The van der Waals surface area contributed by atoms with Crippen LogP contribution in [-0.2, 0) is 75.7 Å². The van der Waals surface area contributed by atoms with Gasteiger partial charge in [0.1, 0.15) is 5.66 Å². The third kappa shape index (κ3) is 11.1. The van der Waals surface area contributed by atoms with Crippen LogP contribution in [-0.4, -0.2) is 128 Å². The van der Waals surface area contributed by atoms with Gasteiger partial charge in [-0.3, -0.25) is 0 Å². The second kappa shape index (κ2) is 17.6. The zero-order valence-corrected chi connectivity index (χ0v) is 35.5. The fourth-order valence-corrected chi connectivity index (χ4v) is 8.85. The molecule has 8 heterocycles. The van der Waals surface area contributed by atoms with Gasteiger partial charge in [-0.15, -0.1) is 0 Å². The summed E-state index contributed by atoms with van der Waals surface area (Å²) >= 11 is 0. The fraction of sp³-hybridized carbons (Fsp3) is 0.520. The molecule has 12 rings (SSSR count). The quantitative estimate of drug-likeness (QED) is 0.0866. The fourth-order valence-electron chi connectivity index (χ4n) is 8.85. The van der Waals surface area contributed by atoms with Crippen LogP contribution in [0.4, 0.5) is 11.4 Å². The number of epoxide rings is 8. The predicted molar refractivity (Wildman–Crippen MR) is 235 cm³/mol. The molecule has 8 fully saturated rings. The highest BCUT2D eigenvalue weighted by molar-refractivity contribution is 5.54. The van der Waals surface area contributed by atoms with Gasteiger partial charge in [-0.2, -0.15) is 0 Å². The first-order chi connectivity index (χ1) is 30.4. The van der Waals surface area contributed by atoms with Gasteiger partial charge in [0.25, 0.3) is 0 Å². The van der Waals surface area contributed by atoms with Crippen LogP contribution in [0.5, 0.6) is 0 Å². The van der Waals surface area contributed by atoms with Crippen molar-refractivity contribution in [1.82, 2.24) is 0 Å². The van der Waals surface area contributed by atoms with Gasteiger partial charge in [0.2, 0.25) is 0 Å². The Morgan fingerprint density at radius 3 is 1.21 bits per heavy atom. The van der Waals surface area contributed by atoms with E-state index in [1.807, 2.05) is 30.3 Å². The van der Waals surface area contributed by atoms with E-state index in [2.05, 4.69) is 64.4 Å². The van der Waals surface area contributed by atoms with Crippen LogP contribution in [0.25, 0.3) is 0 Å². The maximum absolute atomic E-state index is 6.90. The molecule has 328 valence electrons. The summed E-state index contributed by atoms with van der Waals surface area (Å²) in [5.74, 6) is 0. The van der Waals surface area contributed by atoms with E-state index in [1.165, 1.54) is 44.8 Å². The molecule has 0 aliphatic carbocycles. The smallest absolute Gasteiger partial charge is 0.117 e. The van der Waals surface area contributed by atoms with Gasteiger partial charge >= 0.3 is 0 Å². The highest BCUT2D eigenvalue weighted by atomic mass is 16.6. The molecule has 4 aromatic carbocycles. The molecule has 8 aliphatic heterocycles. The lowest BCUT2D eigenvalue weighted by molar-refractivity contribution is 0.388. The third-order valence-corrected chi connectivity index (χ3v) is 13.1. The number of anilines is 2. The maximum atomic E-state index is 6.90. The van der Waals surface area contributed by atoms with Crippen LogP contribution in [0.1, 0.15) is 44.5 Å². The Hall–Kier alpha value is -3.92. The highest BCUT2D eigenvalue weighted by Crippen LogP contribution is 2.39. The van der Waals surface area contributed by atoms with Crippen molar-refractivity contribution in [2.24, 2.45) is 11.5 Å². The molecule has 0 amide bonds. The Morgan fingerprint density at radius 1 is 0.435 bits per heavy atom. The molecule has 0 spiro atoms. The van der Waals surface area contributed by atoms with Crippen LogP contribution >= 0.6 is 0 Å². The standard InChI is InChI=1S/2C25H30N2O4/c1-5-20(26(10-22-14-28-22)11-23-15-29-23)6-2-18(1)9-19-3-7-21(8-4-19)27(12-24-16-30-24)13-25-17-31-25;26-25(27,16-4-2-1-3-5-16)24-7-15(6-17-11-28-17)21(8-18-12-29-18)22(9-19-13-30-19)23(24)10-20-14-31-20/h1-8,22-25H,9-17H2;1-5,7,17-20H,6,8-14,26-27H2. The molecule has 4 N–H and O–H groups in total. The Morgan fingerprint density at radius 2 is 0.806 bits per heavy atom. The first-order valence-electron chi connectivity index (χ1n) is 22.8. The summed E-state index contributed by atoms with van der Waals surface area (Å²) in [7, 11) is 0. The topological polar surface area (TPSA) is 159 Å². The molecular formula is C50H60N4O8. The zero-order valence-electron chi connectivity index (χ0n) is 35.5. The van der Waals surface area contributed by atoms with E-state index in [0.29, 0.717) is 30.5 Å². The van der Waals surface area contributed by atoms with Gasteiger partial charge in [-0.1, -0.05) is 60.7 Å². The molecule has 8 atom stereocenters. The minimum atomic E-state index is -1.08. The normalized spacial score (nSPS) is 28.0. The molecule has 62 heavy (non-hydrogen) atoms. The minimum absolute atomic E-state index is 0.242. The first-order valence-corrected chi connectivity index (χ1v) is 22.8. The number of benzene rings is 4. The maximum Gasteiger partial charge on any atom is 0.117 e. The number of ether oxygens (including phenoxy) is 8. The summed E-state index contributed by atoms with van der Waals surface area (Å²) in [6.07, 6.45) is 7.13. The largest absolute Gasteiger partial charge is 0.373 e. The lowest BCUT2D eigenvalue weighted by Gasteiger charge is -2.32. The van der Waals surface area contributed by atoms with Crippen LogP contribution in [0.3, 0.4) is 0 Å². The number of nitrogens with two attached hydrogens (primary N) is 2. The molecule has 4 aromatic rings. The first kappa shape index (κ1) is 40.8. The highest BCUT2D eigenvalue weighted by Gasteiger charge is 2.39. The van der Waals surface area contributed by atoms with Gasteiger partial charge in [0, 0.05) is 63.2 Å². The monoisotopic (exact) mass is 844 g/mol. The third-order valence-electron chi connectivity index (χ3n) is 13.1. The van der Waals surface area contributed by atoms with E-state index in [4.69, 9.17) is 49.4 Å². The molecule has 8 saturated heterocycles. The Balaban J connectivity index is 0.000000139. The average Bonchev–Trinajstić information content (AvgIpc) is 4.09. The molecule has 8 aliphatic rings. The zero-order chi connectivity index (χ0) is 41.6. The number of hydrogen-bond donors (Lipinski definition) is 2. The predicted octanol–water partition coefficient (Wildman–Crippen LogP) is 4.06. The van der Waals surface area contributed by atoms with Crippen molar-refractivity contribution in [1.29, 1.82) is 0 Å². The van der Waals surface area contributed by atoms with E-state index < -0.39 is 5.66 Å². The number of rotatable bonds is 22.